The molecule has 5 heteroatoms. The number of benzene rings is 1. The monoisotopic (exact) mass is 294 g/mol. The SMILES string of the molecule is Cc1c(-c2nccn2C2CC2)c(=O)n(-c2ccccc2)n1C. The maximum atomic E-state index is 13.0. The highest BCUT2D eigenvalue weighted by molar-refractivity contribution is 5.59. The maximum absolute atomic E-state index is 13.0. The van der Waals surface area contributed by atoms with E-state index in [0.717, 1.165) is 17.2 Å². The topological polar surface area (TPSA) is 44.8 Å². The Labute approximate surface area is 128 Å². The normalized spacial score (nSPS) is 14.5. The van der Waals surface area contributed by atoms with Gasteiger partial charge in [-0.25, -0.2) is 9.67 Å². The molecule has 0 atom stereocenters. The fraction of sp³-hybridized carbons (Fsp3) is 0.294. The minimum absolute atomic E-state index is 0.0145. The minimum Gasteiger partial charge on any atom is -0.328 e. The fourth-order valence-corrected chi connectivity index (χ4v) is 2.98. The van der Waals surface area contributed by atoms with Gasteiger partial charge in [-0.15, -0.1) is 0 Å². The van der Waals surface area contributed by atoms with Crippen LogP contribution in [-0.2, 0) is 7.05 Å². The van der Waals surface area contributed by atoms with Crippen molar-refractivity contribution in [1.82, 2.24) is 18.9 Å². The van der Waals surface area contributed by atoms with Gasteiger partial charge in [0.15, 0.2) is 0 Å². The van der Waals surface area contributed by atoms with Crippen molar-refractivity contribution < 1.29 is 0 Å². The molecule has 0 spiro atoms. The second-order valence-corrected chi connectivity index (χ2v) is 5.83. The van der Waals surface area contributed by atoms with Crippen molar-refractivity contribution in [2.75, 3.05) is 0 Å². The van der Waals surface area contributed by atoms with E-state index < -0.39 is 0 Å². The Balaban J connectivity index is 1.95. The number of para-hydroxylation sites is 1. The summed E-state index contributed by atoms with van der Waals surface area (Å²) in [6.07, 6.45) is 6.10. The van der Waals surface area contributed by atoms with Crippen molar-refractivity contribution in [1.29, 1.82) is 0 Å². The molecule has 112 valence electrons. The first-order chi connectivity index (χ1) is 10.7. The number of hydrogen-bond acceptors (Lipinski definition) is 2. The van der Waals surface area contributed by atoms with Gasteiger partial charge in [-0.3, -0.25) is 9.48 Å². The molecule has 2 aromatic heterocycles. The molecule has 1 saturated carbocycles. The van der Waals surface area contributed by atoms with Crippen molar-refractivity contribution in [3.8, 4) is 17.1 Å². The van der Waals surface area contributed by atoms with Gasteiger partial charge >= 0.3 is 0 Å². The van der Waals surface area contributed by atoms with Gasteiger partial charge in [0.05, 0.1) is 5.69 Å². The lowest BCUT2D eigenvalue weighted by Gasteiger charge is -2.07. The zero-order chi connectivity index (χ0) is 15.3. The molecular formula is C17H18N4O. The van der Waals surface area contributed by atoms with E-state index in [1.54, 1.807) is 10.9 Å². The van der Waals surface area contributed by atoms with Crippen LogP contribution in [0.4, 0.5) is 0 Å². The third kappa shape index (κ3) is 1.85. The Kier molecular flexibility index (Phi) is 2.82. The first-order valence-electron chi connectivity index (χ1n) is 7.55. The quantitative estimate of drug-likeness (QED) is 0.745. The predicted octanol–water partition coefficient (Wildman–Crippen LogP) is 2.68. The smallest absolute Gasteiger partial charge is 0.282 e. The van der Waals surface area contributed by atoms with Crippen LogP contribution in [0.25, 0.3) is 17.1 Å². The Morgan fingerprint density at radius 3 is 2.59 bits per heavy atom. The van der Waals surface area contributed by atoms with E-state index in [1.807, 2.05) is 55.2 Å². The summed E-state index contributed by atoms with van der Waals surface area (Å²) in [6, 6.07) is 10.2. The summed E-state index contributed by atoms with van der Waals surface area (Å²) < 4.78 is 5.74. The van der Waals surface area contributed by atoms with Crippen molar-refractivity contribution in [3.05, 3.63) is 58.8 Å². The first-order valence-corrected chi connectivity index (χ1v) is 7.55. The van der Waals surface area contributed by atoms with Crippen LogP contribution in [0.15, 0.2) is 47.5 Å². The average Bonchev–Trinajstić information content (AvgIpc) is 3.22. The molecule has 5 nitrogen and oxygen atoms in total. The van der Waals surface area contributed by atoms with E-state index >= 15 is 0 Å². The number of imidazole rings is 1. The van der Waals surface area contributed by atoms with Gasteiger partial charge in [0.2, 0.25) is 0 Å². The van der Waals surface area contributed by atoms with Crippen LogP contribution in [0.3, 0.4) is 0 Å². The molecule has 1 aromatic carbocycles. The number of rotatable bonds is 3. The van der Waals surface area contributed by atoms with E-state index in [9.17, 15) is 4.79 Å². The third-order valence-corrected chi connectivity index (χ3v) is 4.39. The zero-order valence-corrected chi connectivity index (χ0v) is 12.7. The first kappa shape index (κ1) is 13.1. The predicted molar refractivity (Wildman–Crippen MR) is 85.2 cm³/mol. The van der Waals surface area contributed by atoms with E-state index in [-0.39, 0.29) is 5.56 Å². The van der Waals surface area contributed by atoms with Gasteiger partial charge in [0.1, 0.15) is 11.4 Å². The summed E-state index contributed by atoms with van der Waals surface area (Å²) in [5.74, 6) is 0.787. The highest BCUT2D eigenvalue weighted by atomic mass is 16.1. The van der Waals surface area contributed by atoms with E-state index in [0.29, 0.717) is 11.6 Å². The van der Waals surface area contributed by atoms with E-state index in [4.69, 9.17) is 0 Å². The summed E-state index contributed by atoms with van der Waals surface area (Å²) >= 11 is 0. The molecule has 2 heterocycles. The average molecular weight is 294 g/mol. The molecule has 0 amide bonds. The number of aromatic nitrogens is 4. The van der Waals surface area contributed by atoms with E-state index in [2.05, 4.69) is 9.55 Å². The molecule has 22 heavy (non-hydrogen) atoms. The van der Waals surface area contributed by atoms with Gasteiger partial charge in [0.25, 0.3) is 5.56 Å². The lowest BCUT2D eigenvalue weighted by molar-refractivity contribution is 0.630. The zero-order valence-electron chi connectivity index (χ0n) is 12.7. The Morgan fingerprint density at radius 1 is 1.18 bits per heavy atom. The fourth-order valence-electron chi connectivity index (χ4n) is 2.98. The van der Waals surface area contributed by atoms with Crippen LogP contribution in [-0.4, -0.2) is 18.9 Å². The summed E-state index contributed by atoms with van der Waals surface area (Å²) in [6.45, 7) is 1.97. The van der Waals surface area contributed by atoms with Gasteiger partial charge < -0.3 is 4.57 Å². The Morgan fingerprint density at radius 2 is 1.91 bits per heavy atom. The van der Waals surface area contributed by atoms with Crippen LogP contribution in [0, 0.1) is 6.92 Å². The standard InChI is InChI=1S/C17H18N4O/c1-12-15(16-18-10-11-20(16)13-8-9-13)17(22)21(19(12)2)14-6-4-3-5-7-14/h3-7,10-11,13H,8-9H2,1-2H3. The molecule has 0 bridgehead atoms. The molecule has 3 aromatic rings. The second-order valence-electron chi connectivity index (χ2n) is 5.83. The summed E-state index contributed by atoms with van der Waals surface area (Å²) in [4.78, 5) is 17.4. The van der Waals surface area contributed by atoms with Crippen molar-refractivity contribution >= 4 is 0 Å². The van der Waals surface area contributed by atoms with Crippen LogP contribution >= 0.6 is 0 Å². The van der Waals surface area contributed by atoms with Crippen molar-refractivity contribution in [2.24, 2.45) is 7.05 Å². The van der Waals surface area contributed by atoms with Crippen LogP contribution < -0.4 is 5.56 Å². The van der Waals surface area contributed by atoms with Crippen LogP contribution in [0.5, 0.6) is 0 Å². The number of hydrogen-bond donors (Lipinski definition) is 0. The molecule has 0 unspecified atom stereocenters. The largest absolute Gasteiger partial charge is 0.328 e. The second kappa shape index (κ2) is 4.73. The van der Waals surface area contributed by atoms with E-state index in [1.165, 1.54) is 12.8 Å². The molecule has 0 aliphatic heterocycles. The van der Waals surface area contributed by atoms with Crippen LogP contribution in [0.2, 0.25) is 0 Å². The summed E-state index contributed by atoms with van der Waals surface area (Å²) in [7, 11) is 1.91. The highest BCUT2D eigenvalue weighted by Gasteiger charge is 2.29. The van der Waals surface area contributed by atoms with Gasteiger partial charge in [-0.05, 0) is 31.9 Å². The molecule has 0 radical (unpaired) electrons. The lowest BCUT2D eigenvalue weighted by atomic mass is 10.2. The van der Waals surface area contributed by atoms with Crippen LogP contribution in [0.1, 0.15) is 24.6 Å². The summed E-state index contributed by atoms with van der Waals surface area (Å²) in [5, 5.41) is 0. The molecule has 1 aliphatic rings. The molecule has 1 aliphatic carbocycles. The van der Waals surface area contributed by atoms with Gasteiger partial charge in [-0.2, -0.15) is 0 Å². The van der Waals surface area contributed by atoms with Crippen molar-refractivity contribution in [3.63, 3.8) is 0 Å². The minimum atomic E-state index is -0.0145. The number of nitrogens with zero attached hydrogens (tertiary/aromatic N) is 4. The Hall–Kier alpha value is -2.56. The lowest BCUT2D eigenvalue weighted by Crippen LogP contribution is -2.20. The molecule has 0 N–H and O–H groups in total. The molecule has 1 fully saturated rings. The third-order valence-electron chi connectivity index (χ3n) is 4.39. The summed E-state index contributed by atoms with van der Waals surface area (Å²) in [5.41, 5.74) is 2.48. The molecular weight excluding hydrogens is 276 g/mol. The highest BCUT2D eigenvalue weighted by Crippen LogP contribution is 2.37. The molecule has 0 saturated heterocycles. The maximum Gasteiger partial charge on any atom is 0.282 e. The van der Waals surface area contributed by atoms with Gasteiger partial charge in [-0.1, -0.05) is 18.2 Å². The molecule has 4 rings (SSSR count). The van der Waals surface area contributed by atoms with Gasteiger partial charge in [0, 0.05) is 31.2 Å². The Bertz CT molecular complexity index is 881. The van der Waals surface area contributed by atoms with Crippen molar-refractivity contribution in [2.45, 2.75) is 25.8 Å².